The van der Waals surface area contributed by atoms with Gasteiger partial charge in [-0.15, -0.1) is 0 Å². The highest BCUT2D eigenvalue weighted by Gasteiger charge is 2.15. The molecule has 7 nitrogen and oxygen atoms in total. The summed E-state index contributed by atoms with van der Waals surface area (Å²) in [7, 11) is 2.72. The predicted molar refractivity (Wildman–Crippen MR) is 120 cm³/mol. The number of carbonyl (C=O) groups is 2. The van der Waals surface area contributed by atoms with E-state index in [-0.39, 0.29) is 12.2 Å². The van der Waals surface area contributed by atoms with Crippen LogP contribution in [0.1, 0.15) is 17.5 Å². The van der Waals surface area contributed by atoms with Crippen molar-refractivity contribution in [3.8, 4) is 17.6 Å². The number of aryl methyl sites for hydroxylation is 1. The molecule has 0 saturated carbocycles. The summed E-state index contributed by atoms with van der Waals surface area (Å²) >= 11 is 3.36. The number of benzene rings is 2. The number of ether oxygens (including phenoxy) is 3. The van der Waals surface area contributed by atoms with Gasteiger partial charge in [0, 0.05) is 6.54 Å². The maximum atomic E-state index is 12.4. The van der Waals surface area contributed by atoms with Crippen molar-refractivity contribution in [3.05, 3.63) is 63.6 Å². The molecular weight excluding hydrogens is 464 g/mol. The number of halogens is 1. The first-order valence-electron chi connectivity index (χ1n) is 9.49. The number of rotatable bonds is 10. The Bertz CT molecular complexity index is 983. The summed E-state index contributed by atoms with van der Waals surface area (Å²) in [4.78, 5) is 23.7. The maximum Gasteiger partial charge on any atom is 0.343 e. The minimum absolute atomic E-state index is 0.0307. The van der Waals surface area contributed by atoms with Crippen LogP contribution >= 0.6 is 15.9 Å². The van der Waals surface area contributed by atoms with E-state index in [9.17, 15) is 14.9 Å². The molecule has 1 N–H and O–H groups in total. The van der Waals surface area contributed by atoms with Crippen LogP contribution < -0.4 is 14.8 Å². The fraction of sp³-hybridized carbons (Fsp3) is 0.261. The third-order valence-corrected chi connectivity index (χ3v) is 4.85. The molecule has 2 rings (SSSR count). The quantitative estimate of drug-likeness (QED) is 0.238. The predicted octanol–water partition coefficient (Wildman–Crippen LogP) is 3.67. The third-order valence-electron chi connectivity index (χ3n) is 4.26. The molecule has 31 heavy (non-hydrogen) atoms. The highest BCUT2D eigenvalue weighted by Crippen LogP contribution is 2.37. The first kappa shape index (κ1) is 24.0. The fourth-order valence-electron chi connectivity index (χ4n) is 2.70. The number of nitriles is 1. The molecule has 0 aliphatic heterocycles. The first-order chi connectivity index (χ1) is 15.0. The van der Waals surface area contributed by atoms with E-state index in [1.807, 2.05) is 36.4 Å². The Balaban J connectivity index is 2.04. The Labute approximate surface area is 189 Å². The molecule has 0 fully saturated rings. The molecule has 0 heterocycles. The number of carbonyl (C=O) groups excluding carboxylic acids is 2. The highest BCUT2D eigenvalue weighted by molar-refractivity contribution is 9.10. The lowest BCUT2D eigenvalue weighted by Crippen LogP contribution is -2.25. The highest BCUT2D eigenvalue weighted by atomic mass is 79.9. The lowest BCUT2D eigenvalue weighted by atomic mass is 10.1. The van der Waals surface area contributed by atoms with E-state index in [1.54, 1.807) is 12.1 Å². The van der Waals surface area contributed by atoms with Gasteiger partial charge < -0.3 is 19.5 Å². The zero-order valence-electron chi connectivity index (χ0n) is 17.3. The lowest BCUT2D eigenvalue weighted by molar-refractivity contribution is -0.142. The average molecular weight is 487 g/mol. The number of nitrogens with zero attached hydrogens (tertiary/aromatic N) is 1. The van der Waals surface area contributed by atoms with E-state index in [0.29, 0.717) is 28.1 Å². The molecule has 8 heteroatoms. The van der Waals surface area contributed by atoms with Crippen LogP contribution in [0.15, 0.2) is 52.5 Å². The molecule has 0 spiro atoms. The van der Waals surface area contributed by atoms with Gasteiger partial charge in [-0.1, -0.05) is 30.3 Å². The Kier molecular flexibility index (Phi) is 9.59. The maximum absolute atomic E-state index is 12.4. The molecule has 0 aliphatic carbocycles. The van der Waals surface area contributed by atoms with Gasteiger partial charge >= 0.3 is 5.97 Å². The van der Waals surface area contributed by atoms with Gasteiger partial charge in [0.1, 0.15) is 11.6 Å². The van der Waals surface area contributed by atoms with Crippen molar-refractivity contribution in [2.45, 2.75) is 12.8 Å². The van der Waals surface area contributed by atoms with Crippen molar-refractivity contribution in [3.63, 3.8) is 0 Å². The van der Waals surface area contributed by atoms with Crippen molar-refractivity contribution in [2.75, 3.05) is 27.4 Å². The molecule has 0 atom stereocenters. The molecule has 0 radical (unpaired) electrons. The molecule has 0 unspecified atom stereocenters. The summed E-state index contributed by atoms with van der Waals surface area (Å²) in [5.41, 5.74) is 1.72. The summed E-state index contributed by atoms with van der Waals surface area (Å²) in [5, 5.41) is 12.2. The number of hydrogen-bond acceptors (Lipinski definition) is 6. The molecular formula is C23H23BrN2O5. The topological polar surface area (TPSA) is 97.7 Å². The Morgan fingerprint density at radius 1 is 1.19 bits per heavy atom. The second-order valence-corrected chi connectivity index (χ2v) is 7.27. The van der Waals surface area contributed by atoms with Gasteiger partial charge in [-0.25, -0.2) is 4.79 Å². The van der Waals surface area contributed by atoms with E-state index in [4.69, 9.17) is 9.47 Å². The minimum atomic E-state index is -0.534. The molecule has 0 aromatic heterocycles. The summed E-state index contributed by atoms with van der Waals surface area (Å²) in [6, 6.07) is 15.2. The molecule has 1 amide bonds. The number of methoxy groups -OCH3 is 2. The second kappa shape index (κ2) is 12.4. The van der Waals surface area contributed by atoms with Crippen molar-refractivity contribution < 1.29 is 23.8 Å². The van der Waals surface area contributed by atoms with E-state index >= 15 is 0 Å². The van der Waals surface area contributed by atoms with Gasteiger partial charge in [-0.05, 0) is 58.1 Å². The molecule has 162 valence electrons. The van der Waals surface area contributed by atoms with Crippen molar-refractivity contribution in [1.82, 2.24) is 5.32 Å². The second-order valence-electron chi connectivity index (χ2n) is 6.41. The molecule has 0 saturated heterocycles. The van der Waals surface area contributed by atoms with Crippen molar-refractivity contribution in [1.29, 1.82) is 5.26 Å². The van der Waals surface area contributed by atoms with Gasteiger partial charge in [0.05, 0.1) is 18.7 Å². The smallest absolute Gasteiger partial charge is 0.343 e. The van der Waals surface area contributed by atoms with Crippen LogP contribution in [0.4, 0.5) is 0 Å². The summed E-state index contributed by atoms with van der Waals surface area (Å²) in [6.45, 7) is 0.176. The van der Waals surface area contributed by atoms with Gasteiger partial charge in [-0.2, -0.15) is 5.26 Å². The van der Waals surface area contributed by atoms with Crippen LogP contribution in [-0.2, 0) is 20.7 Å². The van der Waals surface area contributed by atoms with Crippen LogP contribution in [0.3, 0.4) is 0 Å². The standard InChI is InChI=1S/C23H23BrN2O5/c1-29-20-13-17(12-19(24)22(20)31-15-21(27)30-2)11-18(14-25)23(28)26-10-6-9-16-7-4-3-5-8-16/h3-5,7-8,11-13H,6,9-10,15H2,1-2H3,(H,26,28)/b18-11-. The van der Waals surface area contributed by atoms with Crippen LogP contribution in [0.5, 0.6) is 11.5 Å². The zero-order chi connectivity index (χ0) is 22.6. The van der Waals surface area contributed by atoms with Gasteiger partial charge in [-0.3, -0.25) is 4.79 Å². The summed E-state index contributed by atoms with van der Waals surface area (Å²) < 4.78 is 15.8. The number of amides is 1. The van der Waals surface area contributed by atoms with Gasteiger partial charge in [0.25, 0.3) is 5.91 Å². The van der Waals surface area contributed by atoms with Crippen molar-refractivity contribution >= 4 is 33.9 Å². The van der Waals surface area contributed by atoms with E-state index in [1.165, 1.54) is 25.9 Å². The first-order valence-corrected chi connectivity index (χ1v) is 10.3. The monoisotopic (exact) mass is 486 g/mol. The van der Waals surface area contributed by atoms with Crippen LogP contribution in [-0.4, -0.2) is 39.2 Å². The van der Waals surface area contributed by atoms with Crippen molar-refractivity contribution in [2.24, 2.45) is 0 Å². The van der Waals surface area contributed by atoms with Gasteiger partial charge in [0.2, 0.25) is 0 Å². The number of hydrogen-bond donors (Lipinski definition) is 1. The number of esters is 1. The molecule has 0 bridgehead atoms. The third kappa shape index (κ3) is 7.46. The van der Waals surface area contributed by atoms with E-state index < -0.39 is 11.9 Å². The molecule has 2 aromatic carbocycles. The van der Waals surface area contributed by atoms with Crippen LogP contribution in [0.25, 0.3) is 6.08 Å². The minimum Gasteiger partial charge on any atom is -0.493 e. The Morgan fingerprint density at radius 2 is 1.94 bits per heavy atom. The Hall–Kier alpha value is -3.31. The van der Waals surface area contributed by atoms with Crippen LogP contribution in [0, 0.1) is 11.3 Å². The fourth-order valence-corrected chi connectivity index (χ4v) is 3.28. The zero-order valence-corrected chi connectivity index (χ0v) is 18.9. The Morgan fingerprint density at radius 3 is 2.58 bits per heavy atom. The SMILES string of the molecule is COC(=O)COc1c(Br)cc(/C=C(/C#N)C(=O)NCCCc2ccccc2)cc1OC. The average Bonchev–Trinajstić information content (AvgIpc) is 2.79. The van der Waals surface area contributed by atoms with Crippen LogP contribution in [0.2, 0.25) is 0 Å². The molecule has 2 aromatic rings. The van der Waals surface area contributed by atoms with Gasteiger partial charge in [0.15, 0.2) is 18.1 Å². The number of nitrogens with one attached hydrogen (secondary N) is 1. The largest absolute Gasteiger partial charge is 0.493 e. The van der Waals surface area contributed by atoms with E-state index in [0.717, 1.165) is 12.8 Å². The summed E-state index contributed by atoms with van der Waals surface area (Å²) in [5.74, 6) is -0.329. The van der Waals surface area contributed by atoms with E-state index in [2.05, 4.69) is 26.0 Å². The lowest BCUT2D eigenvalue weighted by Gasteiger charge is -2.13. The normalized spacial score (nSPS) is 10.7. The summed E-state index contributed by atoms with van der Waals surface area (Å²) in [6.07, 6.45) is 3.06. The molecule has 0 aliphatic rings.